The highest BCUT2D eigenvalue weighted by Crippen LogP contribution is 2.21. The van der Waals surface area contributed by atoms with Crippen molar-refractivity contribution in [3.8, 4) is 11.5 Å². The summed E-state index contributed by atoms with van der Waals surface area (Å²) in [5.74, 6) is 1.50. The molecule has 20 heavy (non-hydrogen) atoms. The van der Waals surface area contributed by atoms with Crippen LogP contribution in [0.5, 0.6) is 11.5 Å². The van der Waals surface area contributed by atoms with Gasteiger partial charge in [-0.25, -0.2) is 0 Å². The third-order valence-electron chi connectivity index (χ3n) is 2.92. The summed E-state index contributed by atoms with van der Waals surface area (Å²) in [6.07, 6.45) is 0. The van der Waals surface area contributed by atoms with E-state index in [1.165, 1.54) is 0 Å². The number of carbonyl (C=O) groups excluding carboxylic acids is 1. The van der Waals surface area contributed by atoms with Gasteiger partial charge in [-0.05, 0) is 29.8 Å². The van der Waals surface area contributed by atoms with Crippen LogP contribution in [0.1, 0.15) is 5.56 Å². The van der Waals surface area contributed by atoms with Crippen LogP contribution in [0, 0.1) is 0 Å². The summed E-state index contributed by atoms with van der Waals surface area (Å²) in [7, 11) is 1.74. The van der Waals surface area contributed by atoms with Gasteiger partial charge in [-0.1, -0.05) is 30.3 Å². The molecule has 0 unspecified atom stereocenters. The van der Waals surface area contributed by atoms with Gasteiger partial charge in [0.15, 0.2) is 0 Å². The smallest absolute Gasteiger partial charge is 0.236 e. The fraction of sp³-hybridized carbons (Fsp3) is 0.188. The quantitative estimate of drug-likeness (QED) is 0.907. The van der Waals surface area contributed by atoms with Gasteiger partial charge in [0.05, 0.1) is 6.54 Å². The summed E-state index contributed by atoms with van der Waals surface area (Å²) in [5, 5.41) is 0. The van der Waals surface area contributed by atoms with Crippen LogP contribution in [-0.4, -0.2) is 24.4 Å². The molecule has 2 aromatic rings. The normalized spacial score (nSPS) is 10.1. The van der Waals surface area contributed by atoms with Crippen molar-refractivity contribution in [1.29, 1.82) is 0 Å². The van der Waals surface area contributed by atoms with Crippen LogP contribution in [-0.2, 0) is 11.3 Å². The lowest BCUT2D eigenvalue weighted by atomic mass is 10.2. The summed E-state index contributed by atoms with van der Waals surface area (Å²) < 4.78 is 5.71. The molecule has 1 amide bonds. The number of hydrogen-bond acceptors (Lipinski definition) is 3. The molecule has 4 nitrogen and oxygen atoms in total. The van der Waals surface area contributed by atoms with E-state index in [9.17, 15) is 4.79 Å². The Bertz CT molecular complexity index is 552. The van der Waals surface area contributed by atoms with Crippen LogP contribution in [0.15, 0.2) is 54.6 Å². The Morgan fingerprint density at radius 2 is 1.65 bits per heavy atom. The van der Waals surface area contributed by atoms with E-state index >= 15 is 0 Å². The maximum atomic E-state index is 11.4. The third kappa shape index (κ3) is 3.83. The van der Waals surface area contributed by atoms with E-state index in [1.54, 1.807) is 11.9 Å². The molecule has 2 rings (SSSR count). The SMILES string of the molecule is CN(Cc1ccc(Oc2ccccc2)cc1)C(=O)CN. The van der Waals surface area contributed by atoms with Crippen molar-refractivity contribution in [3.63, 3.8) is 0 Å². The summed E-state index contributed by atoms with van der Waals surface area (Å²) in [5.41, 5.74) is 6.36. The summed E-state index contributed by atoms with van der Waals surface area (Å²) in [6.45, 7) is 0.577. The predicted octanol–water partition coefficient (Wildman–Crippen LogP) is 2.40. The highest BCUT2D eigenvalue weighted by molar-refractivity contribution is 5.77. The molecule has 0 aromatic heterocycles. The highest BCUT2D eigenvalue weighted by atomic mass is 16.5. The van der Waals surface area contributed by atoms with Crippen LogP contribution < -0.4 is 10.5 Å². The number of benzene rings is 2. The number of rotatable bonds is 5. The fourth-order valence-corrected chi connectivity index (χ4v) is 1.81. The summed E-state index contributed by atoms with van der Waals surface area (Å²) >= 11 is 0. The fourth-order valence-electron chi connectivity index (χ4n) is 1.81. The summed E-state index contributed by atoms with van der Waals surface area (Å²) in [6, 6.07) is 17.3. The lowest BCUT2D eigenvalue weighted by molar-refractivity contribution is -0.128. The highest BCUT2D eigenvalue weighted by Gasteiger charge is 2.06. The van der Waals surface area contributed by atoms with Crippen molar-refractivity contribution >= 4 is 5.91 Å². The maximum Gasteiger partial charge on any atom is 0.236 e. The van der Waals surface area contributed by atoms with Crippen LogP contribution in [0.3, 0.4) is 0 Å². The predicted molar refractivity (Wildman–Crippen MR) is 78.5 cm³/mol. The standard InChI is InChI=1S/C16H18N2O2/c1-18(16(19)11-17)12-13-7-9-15(10-8-13)20-14-5-3-2-4-6-14/h2-10H,11-12,17H2,1H3. The topological polar surface area (TPSA) is 55.6 Å². The number of para-hydroxylation sites is 1. The number of ether oxygens (including phenoxy) is 1. The van der Waals surface area contributed by atoms with Gasteiger partial charge in [0, 0.05) is 13.6 Å². The zero-order valence-corrected chi connectivity index (χ0v) is 11.5. The second-order valence-electron chi connectivity index (χ2n) is 4.51. The number of nitrogens with zero attached hydrogens (tertiary/aromatic N) is 1. The van der Waals surface area contributed by atoms with Crippen LogP contribution in [0.2, 0.25) is 0 Å². The molecule has 0 aliphatic rings. The molecule has 0 heterocycles. The van der Waals surface area contributed by atoms with Gasteiger partial charge in [0.2, 0.25) is 5.91 Å². The molecule has 2 N–H and O–H groups in total. The van der Waals surface area contributed by atoms with Gasteiger partial charge in [-0.3, -0.25) is 4.79 Å². The minimum atomic E-state index is -0.0744. The lowest BCUT2D eigenvalue weighted by Crippen LogP contribution is -2.32. The molecule has 0 saturated carbocycles. The molecule has 0 atom stereocenters. The van der Waals surface area contributed by atoms with E-state index in [-0.39, 0.29) is 12.5 Å². The molecular formula is C16H18N2O2. The number of hydrogen-bond donors (Lipinski definition) is 1. The number of amides is 1. The molecule has 0 aliphatic carbocycles. The third-order valence-corrected chi connectivity index (χ3v) is 2.92. The van der Waals surface area contributed by atoms with Crippen molar-refractivity contribution in [1.82, 2.24) is 4.90 Å². The van der Waals surface area contributed by atoms with Gasteiger partial charge >= 0.3 is 0 Å². The Morgan fingerprint density at radius 3 is 2.25 bits per heavy atom. The molecular weight excluding hydrogens is 252 g/mol. The minimum absolute atomic E-state index is 0.0334. The molecule has 0 bridgehead atoms. The largest absolute Gasteiger partial charge is 0.457 e. The number of likely N-dealkylation sites (N-methyl/N-ethyl adjacent to an activating group) is 1. The second kappa shape index (κ2) is 6.73. The van der Waals surface area contributed by atoms with Crippen LogP contribution >= 0.6 is 0 Å². The average Bonchev–Trinajstić information content (AvgIpc) is 2.49. The van der Waals surface area contributed by atoms with Gasteiger partial charge in [0.1, 0.15) is 11.5 Å². The van der Waals surface area contributed by atoms with Crippen molar-refractivity contribution in [3.05, 3.63) is 60.2 Å². The summed E-state index contributed by atoms with van der Waals surface area (Å²) in [4.78, 5) is 13.0. The monoisotopic (exact) mass is 270 g/mol. The minimum Gasteiger partial charge on any atom is -0.457 e. The first-order valence-electron chi connectivity index (χ1n) is 6.45. The van der Waals surface area contributed by atoms with E-state index in [0.29, 0.717) is 6.54 Å². The second-order valence-corrected chi connectivity index (χ2v) is 4.51. The van der Waals surface area contributed by atoms with Crippen molar-refractivity contribution < 1.29 is 9.53 Å². The Labute approximate surface area is 118 Å². The van der Waals surface area contributed by atoms with Gasteiger partial charge < -0.3 is 15.4 Å². The van der Waals surface area contributed by atoms with Gasteiger partial charge in [-0.15, -0.1) is 0 Å². The van der Waals surface area contributed by atoms with Crippen LogP contribution in [0.25, 0.3) is 0 Å². The molecule has 104 valence electrons. The molecule has 0 radical (unpaired) electrons. The molecule has 0 fully saturated rings. The van der Waals surface area contributed by atoms with E-state index in [2.05, 4.69) is 0 Å². The van der Waals surface area contributed by atoms with Gasteiger partial charge in [-0.2, -0.15) is 0 Å². The van der Waals surface area contributed by atoms with Crippen LogP contribution in [0.4, 0.5) is 0 Å². The number of nitrogens with two attached hydrogens (primary N) is 1. The lowest BCUT2D eigenvalue weighted by Gasteiger charge is -2.16. The Balaban J connectivity index is 1.98. The molecule has 0 saturated heterocycles. The van der Waals surface area contributed by atoms with Crippen molar-refractivity contribution in [2.24, 2.45) is 5.73 Å². The average molecular weight is 270 g/mol. The molecule has 2 aromatic carbocycles. The van der Waals surface area contributed by atoms with E-state index in [1.807, 2.05) is 54.6 Å². The Kier molecular flexibility index (Phi) is 4.74. The Morgan fingerprint density at radius 1 is 1.05 bits per heavy atom. The first-order valence-corrected chi connectivity index (χ1v) is 6.45. The van der Waals surface area contributed by atoms with Gasteiger partial charge in [0.25, 0.3) is 0 Å². The van der Waals surface area contributed by atoms with Crippen molar-refractivity contribution in [2.45, 2.75) is 6.54 Å². The molecule has 4 heteroatoms. The first-order chi connectivity index (χ1) is 9.69. The van der Waals surface area contributed by atoms with E-state index in [0.717, 1.165) is 17.1 Å². The molecule has 0 aliphatic heterocycles. The van der Waals surface area contributed by atoms with E-state index < -0.39 is 0 Å². The Hall–Kier alpha value is -2.33. The van der Waals surface area contributed by atoms with Crippen molar-refractivity contribution in [2.75, 3.05) is 13.6 Å². The molecule has 0 spiro atoms. The zero-order valence-electron chi connectivity index (χ0n) is 11.5. The van der Waals surface area contributed by atoms with E-state index in [4.69, 9.17) is 10.5 Å². The number of carbonyl (C=O) groups is 1. The maximum absolute atomic E-state index is 11.4. The first kappa shape index (κ1) is 14.1. The zero-order chi connectivity index (χ0) is 14.4.